The smallest absolute Gasteiger partial charge is 0.160 e. The van der Waals surface area contributed by atoms with Gasteiger partial charge in [0, 0.05) is 18.8 Å². The Hall–Kier alpha value is -1.98. The van der Waals surface area contributed by atoms with Crippen molar-refractivity contribution in [3.8, 4) is 11.4 Å². The molecule has 2 heterocycles. The molecule has 2 aromatic heterocycles. The van der Waals surface area contributed by atoms with Crippen molar-refractivity contribution in [3.05, 3.63) is 47.4 Å². The van der Waals surface area contributed by atoms with E-state index >= 15 is 0 Å². The topological polar surface area (TPSA) is 56.7 Å². The van der Waals surface area contributed by atoms with Crippen LogP contribution >= 0.6 is 11.6 Å². The first-order valence-electron chi connectivity index (χ1n) is 7.12. The van der Waals surface area contributed by atoms with Crippen LogP contribution in [0.1, 0.15) is 13.3 Å². The Balaban J connectivity index is 2.23. The minimum atomic E-state index is -0.324. The molecule has 0 saturated heterocycles. The van der Waals surface area contributed by atoms with Gasteiger partial charge < -0.3 is 10.3 Å². The van der Waals surface area contributed by atoms with E-state index < -0.39 is 0 Å². The van der Waals surface area contributed by atoms with Crippen LogP contribution in [0, 0.1) is 5.82 Å². The van der Waals surface area contributed by atoms with Gasteiger partial charge in [-0.15, -0.1) is 0 Å². The molecule has 0 radical (unpaired) electrons. The molecule has 114 valence electrons. The highest BCUT2D eigenvalue weighted by atomic mass is 35.5. The molecule has 3 rings (SSSR count). The number of imidazole rings is 1. The van der Waals surface area contributed by atoms with Crippen molar-refractivity contribution >= 4 is 22.8 Å². The zero-order valence-corrected chi connectivity index (χ0v) is 12.9. The summed E-state index contributed by atoms with van der Waals surface area (Å²) < 4.78 is 16.0. The van der Waals surface area contributed by atoms with Gasteiger partial charge in [-0.25, -0.2) is 14.4 Å². The predicted octanol–water partition coefficient (Wildman–Crippen LogP) is 3.63. The van der Waals surface area contributed by atoms with E-state index in [1.54, 1.807) is 30.5 Å². The van der Waals surface area contributed by atoms with Crippen LogP contribution in [-0.4, -0.2) is 20.6 Å². The van der Waals surface area contributed by atoms with Gasteiger partial charge >= 0.3 is 0 Å². The number of pyridine rings is 1. The SMILES string of the molecule is CCC(N)Cn1c(-c2ccccc2F)nc2cc(Cl)cnc21. The van der Waals surface area contributed by atoms with E-state index in [9.17, 15) is 4.39 Å². The fourth-order valence-electron chi connectivity index (χ4n) is 2.37. The molecule has 0 bridgehead atoms. The molecule has 4 nitrogen and oxygen atoms in total. The summed E-state index contributed by atoms with van der Waals surface area (Å²) in [4.78, 5) is 8.85. The van der Waals surface area contributed by atoms with Crippen molar-refractivity contribution in [2.45, 2.75) is 25.9 Å². The number of hydrogen-bond donors (Lipinski definition) is 1. The number of nitrogens with two attached hydrogens (primary N) is 1. The summed E-state index contributed by atoms with van der Waals surface area (Å²) in [6.45, 7) is 2.53. The van der Waals surface area contributed by atoms with E-state index in [0.717, 1.165) is 6.42 Å². The molecule has 0 fully saturated rings. The van der Waals surface area contributed by atoms with Gasteiger partial charge in [-0.1, -0.05) is 30.7 Å². The van der Waals surface area contributed by atoms with Crippen LogP contribution in [0.5, 0.6) is 0 Å². The first kappa shape index (κ1) is 14.9. The quantitative estimate of drug-likeness (QED) is 0.799. The van der Waals surface area contributed by atoms with Gasteiger partial charge in [0.1, 0.15) is 17.2 Å². The van der Waals surface area contributed by atoms with Crippen molar-refractivity contribution in [1.82, 2.24) is 14.5 Å². The van der Waals surface area contributed by atoms with Gasteiger partial charge in [-0.3, -0.25) is 0 Å². The Bertz CT molecular complexity index is 815. The lowest BCUT2D eigenvalue weighted by atomic mass is 10.2. The number of fused-ring (bicyclic) bond motifs is 1. The lowest BCUT2D eigenvalue weighted by Gasteiger charge is -2.13. The third-order valence-corrected chi connectivity index (χ3v) is 3.81. The van der Waals surface area contributed by atoms with Gasteiger partial charge in [0.25, 0.3) is 0 Å². The molecule has 6 heteroatoms. The fraction of sp³-hybridized carbons (Fsp3) is 0.250. The highest BCUT2D eigenvalue weighted by Gasteiger charge is 2.18. The largest absolute Gasteiger partial charge is 0.326 e. The third-order valence-electron chi connectivity index (χ3n) is 3.61. The van der Waals surface area contributed by atoms with Crippen LogP contribution in [0.3, 0.4) is 0 Å². The molecular formula is C16H16ClFN4. The first-order valence-corrected chi connectivity index (χ1v) is 7.50. The van der Waals surface area contributed by atoms with E-state index in [1.807, 2.05) is 11.5 Å². The molecule has 3 aromatic rings. The highest BCUT2D eigenvalue weighted by Crippen LogP contribution is 2.27. The molecular weight excluding hydrogens is 303 g/mol. The molecule has 0 saturated carbocycles. The Kier molecular flexibility index (Phi) is 4.09. The molecule has 0 amide bonds. The zero-order chi connectivity index (χ0) is 15.7. The van der Waals surface area contributed by atoms with Crippen molar-refractivity contribution in [2.75, 3.05) is 0 Å². The van der Waals surface area contributed by atoms with Gasteiger partial charge in [-0.2, -0.15) is 0 Å². The second kappa shape index (κ2) is 6.02. The van der Waals surface area contributed by atoms with Crippen LogP contribution in [0.4, 0.5) is 4.39 Å². The van der Waals surface area contributed by atoms with Crippen molar-refractivity contribution in [3.63, 3.8) is 0 Å². The zero-order valence-electron chi connectivity index (χ0n) is 12.1. The predicted molar refractivity (Wildman–Crippen MR) is 86.2 cm³/mol. The summed E-state index contributed by atoms with van der Waals surface area (Å²) in [5.74, 6) is 0.196. The normalized spacial score (nSPS) is 12.7. The summed E-state index contributed by atoms with van der Waals surface area (Å²) in [6, 6.07) is 8.22. The number of halogens is 2. The van der Waals surface area contributed by atoms with Crippen molar-refractivity contribution < 1.29 is 4.39 Å². The fourth-order valence-corrected chi connectivity index (χ4v) is 2.52. The van der Waals surface area contributed by atoms with Gasteiger partial charge in [-0.05, 0) is 24.6 Å². The molecule has 0 spiro atoms. The molecule has 1 atom stereocenters. The second-order valence-electron chi connectivity index (χ2n) is 5.19. The van der Waals surface area contributed by atoms with E-state index in [1.165, 1.54) is 6.07 Å². The Morgan fingerprint density at radius 3 is 2.86 bits per heavy atom. The first-order chi connectivity index (χ1) is 10.6. The number of hydrogen-bond acceptors (Lipinski definition) is 3. The number of rotatable bonds is 4. The summed E-state index contributed by atoms with van der Waals surface area (Å²) in [5.41, 5.74) is 7.80. The average molecular weight is 319 g/mol. The standard InChI is InChI=1S/C16H16ClFN4/c1-2-11(19)9-22-15(12-5-3-4-6-13(12)18)21-14-7-10(17)8-20-16(14)22/h3-8,11H,2,9,19H2,1H3. The summed E-state index contributed by atoms with van der Waals surface area (Å²) in [5, 5.41) is 0.497. The third kappa shape index (κ3) is 2.69. The van der Waals surface area contributed by atoms with Crippen LogP contribution in [0.25, 0.3) is 22.6 Å². The molecule has 22 heavy (non-hydrogen) atoms. The average Bonchev–Trinajstić information content (AvgIpc) is 2.85. The minimum absolute atomic E-state index is 0.0552. The lowest BCUT2D eigenvalue weighted by molar-refractivity contribution is 0.547. The molecule has 0 aliphatic rings. The van der Waals surface area contributed by atoms with E-state index in [4.69, 9.17) is 17.3 Å². The number of benzene rings is 1. The van der Waals surface area contributed by atoms with Crippen molar-refractivity contribution in [1.29, 1.82) is 0 Å². The Morgan fingerprint density at radius 2 is 2.14 bits per heavy atom. The maximum atomic E-state index is 14.2. The van der Waals surface area contributed by atoms with Crippen LogP contribution in [-0.2, 0) is 6.54 Å². The Morgan fingerprint density at radius 1 is 1.36 bits per heavy atom. The van der Waals surface area contributed by atoms with Crippen LogP contribution in [0.15, 0.2) is 36.5 Å². The van der Waals surface area contributed by atoms with E-state index in [0.29, 0.717) is 34.1 Å². The monoisotopic (exact) mass is 318 g/mol. The second-order valence-corrected chi connectivity index (χ2v) is 5.63. The van der Waals surface area contributed by atoms with Gasteiger partial charge in [0.05, 0.1) is 10.6 Å². The highest BCUT2D eigenvalue weighted by molar-refractivity contribution is 6.31. The van der Waals surface area contributed by atoms with E-state index in [-0.39, 0.29) is 11.9 Å². The van der Waals surface area contributed by atoms with Gasteiger partial charge in [0.15, 0.2) is 5.65 Å². The minimum Gasteiger partial charge on any atom is -0.326 e. The number of aromatic nitrogens is 3. The summed E-state index contributed by atoms with van der Waals surface area (Å²) in [7, 11) is 0. The van der Waals surface area contributed by atoms with Gasteiger partial charge in [0.2, 0.25) is 0 Å². The lowest BCUT2D eigenvalue weighted by Crippen LogP contribution is -2.25. The summed E-state index contributed by atoms with van der Waals surface area (Å²) >= 11 is 5.98. The van der Waals surface area contributed by atoms with E-state index in [2.05, 4.69) is 9.97 Å². The summed E-state index contributed by atoms with van der Waals surface area (Å²) in [6.07, 6.45) is 2.37. The van der Waals surface area contributed by atoms with Crippen LogP contribution < -0.4 is 5.73 Å². The molecule has 1 aromatic carbocycles. The maximum Gasteiger partial charge on any atom is 0.160 e. The van der Waals surface area contributed by atoms with Crippen molar-refractivity contribution in [2.24, 2.45) is 5.73 Å². The Labute approximate surface area is 132 Å². The molecule has 0 aliphatic heterocycles. The number of nitrogens with zero attached hydrogens (tertiary/aromatic N) is 3. The molecule has 1 unspecified atom stereocenters. The molecule has 0 aliphatic carbocycles. The maximum absolute atomic E-state index is 14.2. The molecule has 2 N–H and O–H groups in total. The van der Waals surface area contributed by atoms with Crippen LogP contribution in [0.2, 0.25) is 5.02 Å².